The maximum atomic E-state index is 13.6. The number of rotatable bonds is 6. The minimum Gasteiger partial charge on any atom is -0.324 e. The number of amides is 1. The van der Waals surface area contributed by atoms with Crippen LogP contribution in [0.1, 0.15) is 47.8 Å². The van der Waals surface area contributed by atoms with Gasteiger partial charge in [-0.15, -0.1) is 11.3 Å². The van der Waals surface area contributed by atoms with Gasteiger partial charge in [0.15, 0.2) is 5.78 Å². The van der Waals surface area contributed by atoms with Gasteiger partial charge in [0.25, 0.3) is 5.56 Å². The van der Waals surface area contributed by atoms with Crippen molar-refractivity contribution in [3.05, 3.63) is 81.2 Å². The van der Waals surface area contributed by atoms with Crippen molar-refractivity contribution in [1.82, 2.24) is 9.55 Å². The zero-order valence-corrected chi connectivity index (χ0v) is 19.8. The lowest BCUT2D eigenvalue weighted by molar-refractivity contribution is -0.119. The van der Waals surface area contributed by atoms with Crippen LogP contribution in [0.5, 0.6) is 0 Å². The Morgan fingerprint density at radius 2 is 1.91 bits per heavy atom. The van der Waals surface area contributed by atoms with Gasteiger partial charge in [-0.3, -0.25) is 19.0 Å². The highest BCUT2D eigenvalue weighted by Gasteiger charge is 2.23. The van der Waals surface area contributed by atoms with Gasteiger partial charge >= 0.3 is 0 Å². The van der Waals surface area contributed by atoms with Gasteiger partial charge in [-0.25, -0.2) is 4.98 Å². The maximum absolute atomic E-state index is 13.6. The van der Waals surface area contributed by atoms with Crippen molar-refractivity contribution in [3.63, 3.8) is 0 Å². The van der Waals surface area contributed by atoms with Crippen molar-refractivity contribution >= 4 is 38.9 Å². The van der Waals surface area contributed by atoms with E-state index in [-0.39, 0.29) is 17.2 Å². The molecule has 0 spiro atoms. The van der Waals surface area contributed by atoms with Crippen LogP contribution < -0.4 is 10.9 Å². The number of fused-ring (bicyclic) bond motifs is 1. The number of anilines is 1. The standard InChI is InChI=1S/C26H25N3O3S/c1-5-22(24(31)28-19-8-6-7-18(12-19)17(4)30)29-14-27-25-23(26(29)32)21(13-33-25)20-10-9-15(2)11-16(20)3/h6-14,22H,5H2,1-4H3,(H,28,31). The summed E-state index contributed by atoms with van der Waals surface area (Å²) < 4.78 is 1.41. The summed E-state index contributed by atoms with van der Waals surface area (Å²) in [5.74, 6) is -0.412. The molecule has 33 heavy (non-hydrogen) atoms. The lowest BCUT2D eigenvalue weighted by atomic mass is 9.99. The summed E-state index contributed by atoms with van der Waals surface area (Å²) in [6.07, 6.45) is 1.86. The molecule has 1 unspecified atom stereocenters. The smallest absolute Gasteiger partial charge is 0.263 e. The van der Waals surface area contributed by atoms with Crippen LogP contribution >= 0.6 is 11.3 Å². The highest BCUT2D eigenvalue weighted by atomic mass is 32.1. The van der Waals surface area contributed by atoms with Crippen LogP contribution in [0.4, 0.5) is 5.69 Å². The van der Waals surface area contributed by atoms with E-state index >= 15 is 0 Å². The molecule has 1 amide bonds. The second-order valence-corrected chi connectivity index (χ2v) is 9.01. The van der Waals surface area contributed by atoms with Gasteiger partial charge in [-0.2, -0.15) is 0 Å². The number of nitrogens with one attached hydrogen (secondary N) is 1. The SMILES string of the molecule is CCC(C(=O)Nc1cccc(C(C)=O)c1)n1cnc2scc(-c3ccc(C)cc3C)c2c1=O. The Morgan fingerprint density at radius 1 is 1.12 bits per heavy atom. The van der Waals surface area contributed by atoms with Gasteiger partial charge in [-0.05, 0) is 50.5 Å². The molecule has 1 atom stereocenters. The van der Waals surface area contributed by atoms with Crippen molar-refractivity contribution in [1.29, 1.82) is 0 Å². The summed E-state index contributed by atoms with van der Waals surface area (Å²) in [6.45, 7) is 7.39. The predicted octanol–water partition coefficient (Wildman–Crippen LogP) is 5.53. The van der Waals surface area contributed by atoms with E-state index in [0.717, 1.165) is 22.3 Å². The monoisotopic (exact) mass is 459 g/mol. The van der Waals surface area contributed by atoms with Crippen molar-refractivity contribution in [2.75, 3.05) is 5.32 Å². The van der Waals surface area contributed by atoms with Crippen LogP contribution in [0.15, 0.2) is 59.0 Å². The first-order chi connectivity index (χ1) is 15.8. The summed E-state index contributed by atoms with van der Waals surface area (Å²) >= 11 is 1.42. The van der Waals surface area contributed by atoms with Crippen LogP contribution in [-0.4, -0.2) is 21.2 Å². The number of ketones is 1. The Balaban J connectivity index is 1.74. The van der Waals surface area contributed by atoms with Gasteiger partial charge in [0.2, 0.25) is 5.91 Å². The first-order valence-electron chi connectivity index (χ1n) is 10.8. The molecular weight excluding hydrogens is 434 g/mol. The number of benzene rings is 2. The van der Waals surface area contributed by atoms with Gasteiger partial charge in [0, 0.05) is 22.2 Å². The first-order valence-corrected chi connectivity index (χ1v) is 11.7. The highest BCUT2D eigenvalue weighted by molar-refractivity contribution is 7.17. The molecule has 0 saturated carbocycles. The fraction of sp³-hybridized carbons (Fsp3) is 0.231. The molecule has 168 valence electrons. The summed E-state index contributed by atoms with van der Waals surface area (Å²) in [7, 11) is 0. The number of thiophene rings is 1. The molecule has 2 aromatic heterocycles. The van der Waals surface area contributed by atoms with Crippen molar-refractivity contribution in [2.45, 2.75) is 40.2 Å². The lowest BCUT2D eigenvalue weighted by Gasteiger charge is -2.18. The zero-order chi connectivity index (χ0) is 23.7. The molecule has 2 aromatic carbocycles. The quantitative estimate of drug-likeness (QED) is 0.384. The molecule has 2 heterocycles. The predicted molar refractivity (Wildman–Crippen MR) is 133 cm³/mol. The topological polar surface area (TPSA) is 81.1 Å². The van der Waals surface area contributed by atoms with Crippen molar-refractivity contribution in [3.8, 4) is 11.1 Å². The molecule has 6 nitrogen and oxygen atoms in total. The average Bonchev–Trinajstić information content (AvgIpc) is 3.20. The van der Waals surface area contributed by atoms with Crippen LogP contribution in [-0.2, 0) is 4.79 Å². The maximum Gasteiger partial charge on any atom is 0.263 e. The molecule has 4 aromatic rings. The van der Waals surface area contributed by atoms with Gasteiger partial charge in [-0.1, -0.05) is 42.8 Å². The Labute approximate surface area is 195 Å². The second-order valence-electron chi connectivity index (χ2n) is 8.16. The Kier molecular flexibility index (Phi) is 6.24. The third kappa shape index (κ3) is 4.36. The first kappa shape index (κ1) is 22.6. The summed E-state index contributed by atoms with van der Waals surface area (Å²) in [6, 6.07) is 12.2. The van der Waals surface area contributed by atoms with Crippen molar-refractivity contribution in [2.24, 2.45) is 0 Å². The molecular formula is C26H25N3O3S. The van der Waals surface area contributed by atoms with E-state index in [9.17, 15) is 14.4 Å². The number of hydrogen-bond acceptors (Lipinski definition) is 5. The van der Waals surface area contributed by atoms with Gasteiger partial charge in [0.05, 0.1) is 11.7 Å². The molecule has 1 N–H and O–H groups in total. The minimum absolute atomic E-state index is 0.0830. The fourth-order valence-electron chi connectivity index (χ4n) is 4.03. The average molecular weight is 460 g/mol. The van der Waals surface area contributed by atoms with Crippen LogP contribution in [0.25, 0.3) is 21.3 Å². The summed E-state index contributed by atoms with van der Waals surface area (Å²) in [4.78, 5) is 43.5. The molecule has 0 bridgehead atoms. The molecule has 4 rings (SSSR count). The number of Topliss-reactive ketones (excluding diaryl/α,β-unsaturated/α-hetero) is 1. The fourth-order valence-corrected chi connectivity index (χ4v) is 4.93. The van der Waals surface area contributed by atoms with Gasteiger partial charge < -0.3 is 5.32 Å². The normalized spacial score (nSPS) is 12.0. The van der Waals surface area contributed by atoms with Crippen LogP contribution in [0.3, 0.4) is 0 Å². The number of hydrogen-bond donors (Lipinski definition) is 1. The third-order valence-electron chi connectivity index (χ3n) is 5.75. The molecule has 7 heteroatoms. The molecule has 0 aliphatic carbocycles. The van der Waals surface area contributed by atoms with Crippen molar-refractivity contribution < 1.29 is 9.59 Å². The van der Waals surface area contributed by atoms with Crippen LogP contribution in [0.2, 0.25) is 0 Å². The zero-order valence-electron chi connectivity index (χ0n) is 19.0. The number of carbonyl (C=O) groups is 2. The Hall–Kier alpha value is -3.58. The third-order valence-corrected chi connectivity index (χ3v) is 6.64. The van der Waals surface area contributed by atoms with Crippen LogP contribution in [0, 0.1) is 13.8 Å². The van der Waals surface area contributed by atoms with E-state index in [2.05, 4.69) is 16.4 Å². The molecule has 0 aliphatic rings. The number of carbonyl (C=O) groups excluding carboxylic acids is 2. The number of aryl methyl sites for hydroxylation is 2. The lowest BCUT2D eigenvalue weighted by Crippen LogP contribution is -2.33. The van der Waals surface area contributed by atoms with E-state index in [1.54, 1.807) is 24.3 Å². The van der Waals surface area contributed by atoms with E-state index < -0.39 is 6.04 Å². The second kappa shape index (κ2) is 9.11. The largest absolute Gasteiger partial charge is 0.324 e. The molecule has 0 aliphatic heterocycles. The highest BCUT2D eigenvalue weighted by Crippen LogP contribution is 2.33. The summed E-state index contributed by atoms with van der Waals surface area (Å²) in [5.41, 5.74) is 4.85. The molecule has 0 radical (unpaired) electrons. The van der Waals surface area contributed by atoms with E-state index in [1.165, 1.54) is 29.2 Å². The van der Waals surface area contributed by atoms with E-state index in [1.807, 2.05) is 38.3 Å². The Bertz CT molecular complexity index is 1430. The van der Waals surface area contributed by atoms with Gasteiger partial charge in [0.1, 0.15) is 10.9 Å². The molecule has 0 fully saturated rings. The molecule has 0 saturated heterocycles. The minimum atomic E-state index is -0.734. The number of aromatic nitrogens is 2. The summed E-state index contributed by atoms with van der Waals surface area (Å²) in [5, 5.41) is 5.32. The van der Waals surface area contributed by atoms with E-state index in [4.69, 9.17) is 0 Å². The number of nitrogens with zero attached hydrogens (tertiary/aromatic N) is 2. The Morgan fingerprint density at radius 3 is 2.61 bits per heavy atom. The van der Waals surface area contributed by atoms with E-state index in [0.29, 0.717) is 27.9 Å².